The number of aryl methyl sites for hydroxylation is 1. The molecule has 0 aromatic carbocycles. The van der Waals surface area contributed by atoms with Gasteiger partial charge in [-0.25, -0.2) is 4.79 Å². The molecule has 0 unspecified atom stereocenters. The Labute approximate surface area is 92.7 Å². The molecular formula is C10H14N2O2S. The highest BCUT2D eigenvalue weighted by Crippen LogP contribution is 2.32. The van der Waals surface area contributed by atoms with E-state index in [1.165, 1.54) is 6.20 Å². The van der Waals surface area contributed by atoms with Crippen LogP contribution in [-0.2, 0) is 7.05 Å². The van der Waals surface area contributed by atoms with Crippen molar-refractivity contribution >= 4 is 17.7 Å². The second kappa shape index (κ2) is 4.26. The maximum Gasteiger partial charge on any atom is 0.339 e. The predicted molar refractivity (Wildman–Crippen MR) is 59.5 cm³/mol. The van der Waals surface area contributed by atoms with Crippen molar-refractivity contribution in [3.8, 4) is 0 Å². The normalized spacial score (nSPS) is 17.9. The number of aromatic nitrogens is 2. The second-order valence-corrected chi connectivity index (χ2v) is 4.98. The van der Waals surface area contributed by atoms with Crippen molar-refractivity contribution in [2.75, 3.05) is 11.5 Å². The third kappa shape index (κ3) is 2.02. The van der Waals surface area contributed by atoms with Crippen molar-refractivity contribution in [2.24, 2.45) is 7.05 Å². The number of carboxylic acid groups (broad SMARTS) is 1. The first-order valence-electron chi connectivity index (χ1n) is 5.03. The predicted octanol–water partition coefficient (Wildman–Crippen LogP) is 1.73. The summed E-state index contributed by atoms with van der Waals surface area (Å²) in [5.41, 5.74) is 1.26. The highest BCUT2D eigenvalue weighted by atomic mass is 32.2. The molecule has 1 fully saturated rings. The topological polar surface area (TPSA) is 55.1 Å². The van der Waals surface area contributed by atoms with Crippen LogP contribution in [0, 0.1) is 0 Å². The molecular weight excluding hydrogens is 212 g/mol. The molecule has 1 aliphatic rings. The van der Waals surface area contributed by atoms with E-state index in [1.807, 2.05) is 18.8 Å². The van der Waals surface area contributed by atoms with Crippen LogP contribution in [0.1, 0.15) is 34.8 Å². The Hall–Kier alpha value is -0.970. The lowest BCUT2D eigenvalue weighted by molar-refractivity contribution is 0.0695. The Morgan fingerprint density at radius 2 is 2.27 bits per heavy atom. The van der Waals surface area contributed by atoms with E-state index >= 15 is 0 Å². The van der Waals surface area contributed by atoms with Gasteiger partial charge in [0.05, 0.1) is 11.9 Å². The summed E-state index contributed by atoms with van der Waals surface area (Å²) in [5.74, 6) is 1.74. The van der Waals surface area contributed by atoms with Crippen LogP contribution in [-0.4, -0.2) is 32.4 Å². The van der Waals surface area contributed by atoms with E-state index in [4.69, 9.17) is 5.11 Å². The number of rotatable bonds is 2. The van der Waals surface area contributed by atoms with Gasteiger partial charge in [-0.05, 0) is 24.3 Å². The molecule has 4 nitrogen and oxygen atoms in total. The molecule has 2 heterocycles. The molecule has 82 valence electrons. The highest BCUT2D eigenvalue weighted by molar-refractivity contribution is 7.99. The molecule has 0 bridgehead atoms. The van der Waals surface area contributed by atoms with E-state index < -0.39 is 5.97 Å². The van der Waals surface area contributed by atoms with Gasteiger partial charge in [0.25, 0.3) is 0 Å². The van der Waals surface area contributed by atoms with Crippen LogP contribution in [0.4, 0.5) is 0 Å². The van der Waals surface area contributed by atoms with Crippen molar-refractivity contribution in [1.29, 1.82) is 0 Å². The molecule has 0 radical (unpaired) electrons. The number of thioether (sulfide) groups is 1. The zero-order valence-electron chi connectivity index (χ0n) is 8.64. The van der Waals surface area contributed by atoms with Crippen LogP contribution in [0.3, 0.4) is 0 Å². The number of aromatic carboxylic acids is 1. The average Bonchev–Trinajstić information content (AvgIpc) is 2.61. The third-order valence-electron chi connectivity index (χ3n) is 2.82. The van der Waals surface area contributed by atoms with E-state index in [2.05, 4.69) is 5.10 Å². The summed E-state index contributed by atoms with van der Waals surface area (Å²) >= 11 is 1.94. The fourth-order valence-corrected chi connectivity index (χ4v) is 3.17. The standard InChI is InChI=1S/C10H14N2O2S/c1-12-9(7-2-4-15-5-3-7)8(6-11-12)10(13)14/h6-7H,2-5H2,1H3,(H,13,14). The van der Waals surface area contributed by atoms with Gasteiger partial charge in [0.2, 0.25) is 0 Å². The summed E-state index contributed by atoms with van der Waals surface area (Å²) in [4.78, 5) is 11.0. The summed E-state index contributed by atoms with van der Waals surface area (Å²) in [6, 6.07) is 0. The van der Waals surface area contributed by atoms with Crippen LogP contribution < -0.4 is 0 Å². The molecule has 1 aromatic rings. The van der Waals surface area contributed by atoms with E-state index in [-0.39, 0.29) is 0 Å². The molecule has 0 saturated carbocycles. The fraction of sp³-hybridized carbons (Fsp3) is 0.600. The van der Waals surface area contributed by atoms with Crippen molar-refractivity contribution in [3.63, 3.8) is 0 Å². The molecule has 0 atom stereocenters. The van der Waals surface area contributed by atoms with Crippen LogP contribution >= 0.6 is 11.8 Å². The Morgan fingerprint density at radius 3 is 2.87 bits per heavy atom. The monoisotopic (exact) mass is 226 g/mol. The van der Waals surface area contributed by atoms with Crippen LogP contribution in [0.2, 0.25) is 0 Å². The third-order valence-corrected chi connectivity index (χ3v) is 3.87. The van der Waals surface area contributed by atoms with Crippen LogP contribution in [0.5, 0.6) is 0 Å². The van der Waals surface area contributed by atoms with Crippen molar-refractivity contribution in [1.82, 2.24) is 9.78 Å². The van der Waals surface area contributed by atoms with Gasteiger partial charge in [0.15, 0.2) is 0 Å². The summed E-state index contributed by atoms with van der Waals surface area (Å²) < 4.78 is 1.71. The zero-order chi connectivity index (χ0) is 10.8. The van der Waals surface area contributed by atoms with E-state index in [1.54, 1.807) is 4.68 Å². The number of carboxylic acids is 1. The smallest absolute Gasteiger partial charge is 0.339 e. The molecule has 1 aromatic heterocycles. The Bertz CT molecular complexity index is 369. The Balaban J connectivity index is 2.32. The van der Waals surface area contributed by atoms with Gasteiger partial charge in [0.1, 0.15) is 5.56 Å². The summed E-state index contributed by atoms with van der Waals surface area (Å²) in [6.07, 6.45) is 3.58. The summed E-state index contributed by atoms with van der Waals surface area (Å²) in [5, 5.41) is 13.1. The minimum absolute atomic E-state index is 0.366. The van der Waals surface area contributed by atoms with Gasteiger partial charge in [-0.2, -0.15) is 16.9 Å². The van der Waals surface area contributed by atoms with E-state index in [0.29, 0.717) is 11.5 Å². The van der Waals surface area contributed by atoms with Gasteiger partial charge >= 0.3 is 5.97 Å². The van der Waals surface area contributed by atoms with Crippen LogP contribution in [0.25, 0.3) is 0 Å². The molecule has 2 rings (SSSR count). The van der Waals surface area contributed by atoms with E-state index in [9.17, 15) is 4.79 Å². The first-order chi connectivity index (χ1) is 7.20. The minimum Gasteiger partial charge on any atom is -0.478 e. The van der Waals surface area contributed by atoms with Gasteiger partial charge in [0, 0.05) is 13.0 Å². The van der Waals surface area contributed by atoms with Gasteiger partial charge in [-0.1, -0.05) is 0 Å². The van der Waals surface area contributed by atoms with Crippen molar-refractivity contribution < 1.29 is 9.90 Å². The quantitative estimate of drug-likeness (QED) is 0.834. The maximum atomic E-state index is 11.0. The molecule has 15 heavy (non-hydrogen) atoms. The molecule has 1 N–H and O–H groups in total. The molecule has 1 saturated heterocycles. The molecule has 0 amide bonds. The number of hydrogen-bond donors (Lipinski definition) is 1. The number of nitrogens with zero attached hydrogens (tertiary/aromatic N) is 2. The second-order valence-electron chi connectivity index (χ2n) is 3.76. The Morgan fingerprint density at radius 1 is 1.60 bits per heavy atom. The molecule has 0 aliphatic carbocycles. The lowest BCUT2D eigenvalue weighted by Gasteiger charge is -2.22. The lowest BCUT2D eigenvalue weighted by Crippen LogP contribution is -2.15. The fourth-order valence-electron chi connectivity index (χ4n) is 2.07. The van der Waals surface area contributed by atoms with Crippen molar-refractivity contribution in [3.05, 3.63) is 17.5 Å². The lowest BCUT2D eigenvalue weighted by atomic mass is 9.95. The van der Waals surface area contributed by atoms with E-state index in [0.717, 1.165) is 30.0 Å². The summed E-state index contributed by atoms with van der Waals surface area (Å²) in [7, 11) is 1.82. The SMILES string of the molecule is Cn1ncc(C(=O)O)c1C1CCSCC1. The number of hydrogen-bond acceptors (Lipinski definition) is 3. The molecule has 1 aliphatic heterocycles. The summed E-state index contributed by atoms with van der Waals surface area (Å²) in [6.45, 7) is 0. The first kappa shape index (κ1) is 10.5. The number of carbonyl (C=O) groups is 1. The van der Waals surface area contributed by atoms with Gasteiger partial charge < -0.3 is 5.11 Å². The first-order valence-corrected chi connectivity index (χ1v) is 6.18. The largest absolute Gasteiger partial charge is 0.478 e. The molecule has 5 heteroatoms. The average molecular weight is 226 g/mol. The highest BCUT2D eigenvalue weighted by Gasteiger charge is 2.24. The van der Waals surface area contributed by atoms with Crippen LogP contribution in [0.15, 0.2) is 6.20 Å². The Kier molecular flexibility index (Phi) is 3.00. The molecule has 0 spiro atoms. The maximum absolute atomic E-state index is 11.0. The van der Waals surface area contributed by atoms with Gasteiger partial charge in [-0.3, -0.25) is 4.68 Å². The zero-order valence-corrected chi connectivity index (χ0v) is 9.46. The van der Waals surface area contributed by atoms with Gasteiger partial charge in [-0.15, -0.1) is 0 Å². The minimum atomic E-state index is -0.865. The van der Waals surface area contributed by atoms with Crippen molar-refractivity contribution in [2.45, 2.75) is 18.8 Å².